The van der Waals surface area contributed by atoms with Gasteiger partial charge in [0.2, 0.25) is 0 Å². The fourth-order valence-corrected chi connectivity index (χ4v) is 1.48. The number of alkyl halides is 2. The summed E-state index contributed by atoms with van der Waals surface area (Å²) in [6.45, 7) is -2.92. The van der Waals surface area contributed by atoms with Gasteiger partial charge in [0.15, 0.2) is 5.82 Å². The summed E-state index contributed by atoms with van der Waals surface area (Å²) in [5, 5.41) is 2.43. The molecule has 1 aromatic carbocycles. The minimum atomic E-state index is -2.92. The molecule has 20 heavy (non-hydrogen) atoms. The van der Waals surface area contributed by atoms with Gasteiger partial charge in [-0.25, -0.2) is 4.39 Å². The van der Waals surface area contributed by atoms with Crippen molar-refractivity contribution in [3.8, 4) is 5.75 Å². The number of hydrogen-bond acceptors (Lipinski definition) is 3. The van der Waals surface area contributed by atoms with E-state index in [1.54, 1.807) is 0 Å². The number of ether oxygens (including phenoxy) is 1. The standard InChI is InChI=1S/C13H9F3N2O2/c14-11-7-17-6-5-10(11)12(19)18-8-1-3-9(4-2-8)20-13(15)16/h1-7,13H,(H,18,19). The van der Waals surface area contributed by atoms with Crippen molar-refractivity contribution in [3.05, 3.63) is 54.1 Å². The third-order valence-electron chi connectivity index (χ3n) is 2.35. The Kier molecular flexibility index (Phi) is 4.19. The predicted octanol–water partition coefficient (Wildman–Crippen LogP) is 3.07. The van der Waals surface area contributed by atoms with Crippen molar-refractivity contribution >= 4 is 11.6 Å². The van der Waals surface area contributed by atoms with Crippen LogP contribution in [0.2, 0.25) is 0 Å². The first-order valence-corrected chi connectivity index (χ1v) is 5.52. The Morgan fingerprint density at radius 2 is 1.90 bits per heavy atom. The molecular weight excluding hydrogens is 273 g/mol. The van der Waals surface area contributed by atoms with E-state index in [1.807, 2.05) is 0 Å². The molecule has 1 aromatic heterocycles. The average Bonchev–Trinajstić information content (AvgIpc) is 2.41. The fraction of sp³-hybridized carbons (Fsp3) is 0.0769. The van der Waals surface area contributed by atoms with E-state index in [0.29, 0.717) is 5.69 Å². The number of benzene rings is 1. The molecule has 0 bridgehead atoms. The van der Waals surface area contributed by atoms with Crippen molar-refractivity contribution in [1.82, 2.24) is 4.98 Å². The molecule has 0 fully saturated rings. The molecule has 7 heteroatoms. The van der Waals surface area contributed by atoms with Crippen LogP contribution in [0.3, 0.4) is 0 Å². The first-order chi connectivity index (χ1) is 9.56. The first kappa shape index (κ1) is 13.9. The summed E-state index contributed by atoms with van der Waals surface area (Å²) in [6.07, 6.45) is 2.21. The molecule has 0 saturated carbocycles. The normalized spacial score (nSPS) is 10.4. The molecule has 0 saturated heterocycles. The Morgan fingerprint density at radius 1 is 1.20 bits per heavy atom. The Morgan fingerprint density at radius 3 is 2.50 bits per heavy atom. The van der Waals surface area contributed by atoms with E-state index in [0.717, 1.165) is 6.20 Å². The van der Waals surface area contributed by atoms with Crippen LogP contribution in [-0.2, 0) is 0 Å². The second kappa shape index (κ2) is 6.05. The molecule has 2 aromatic rings. The van der Waals surface area contributed by atoms with Crippen LogP contribution in [0.15, 0.2) is 42.7 Å². The van der Waals surface area contributed by atoms with Crippen LogP contribution in [0.4, 0.5) is 18.9 Å². The predicted molar refractivity (Wildman–Crippen MR) is 65.2 cm³/mol. The second-order valence-electron chi connectivity index (χ2n) is 3.71. The zero-order valence-electron chi connectivity index (χ0n) is 10.0. The maximum Gasteiger partial charge on any atom is 0.387 e. The molecule has 0 atom stereocenters. The Bertz CT molecular complexity index is 603. The van der Waals surface area contributed by atoms with Gasteiger partial charge in [0.1, 0.15) is 5.75 Å². The summed E-state index contributed by atoms with van der Waals surface area (Å²) < 4.78 is 41.4. The van der Waals surface area contributed by atoms with Gasteiger partial charge in [0, 0.05) is 11.9 Å². The number of aromatic nitrogens is 1. The number of nitrogens with one attached hydrogen (secondary N) is 1. The van der Waals surface area contributed by atoms with Crippen molar-refractivity contribution in [2.24, 2.45) is 0 Å². The number of anilines is 1. The van der Waals surface area contributed by atoms with E-state index in [-0.39, 0.29) is 11.3 Å². The van der Waals surface area contributed by atoms with Crippen LogP contribution in [0.5, 0.6) is 5.75 Å². The highest BCUT2D eigenvalue weighted by molar-refractivity contribution is 6.04. The highest BCUT2D eigenvalue weighted by Crippen LogP contribution is 2.18. The highest BCUT2D eigenvalue weighted by atomic mass is 19.3. The van der Waals surface area contributed by atoms with Crippen molar-refractivity contribution < 1.29 is 22.7 Å². The van der Waals surface area contributed by atoms with Crippen LogP contribution in [-0.4, -0.2) is 17.5 Å². The van der Waals surface area contributed by atoms with Crippen LogP contribution >= 0.6 is 0 Å². The van der Waals surface area contributed by atoms with Gasteiger partial charge in [-0.15, -0.1) is 0 Å². The molecular formula is C13H9F3N2O2. The molecule has 0 radical (unpaired) electrons. The van der Waals surface area contributed by atoms with E-state index < -0.39 is 18.3 Å². The quantitative estimate of drug-likeness (QED) is 0.937. The number of nitrogens with zero attached hydrogens (tertiary/aromatic N) is 1. The molecule has 0 unspecified atom stereocenters. The minimum absolute atomic E-state index is 0.0342. The van der Waals surface area contributed by atoms with Gasteiger partial charge in [-0.1, -0.05) is 0 Å². The third kappa shape index (κ3) is 3.47. The lowest BCUT2D eigenvalue weighted by Crippen LogP contribution is -2.13. The van der Waals surface area contributed by atoms with E-state index >= 15 is 0 Å². The summed E-state index contributed by atoms with van der Waals surface area (Å²) in [4.78, 5) is 15.3. The molecule has 0 aliphatic rings. The molecule has 0 aliphatic heterocycles. The molecule has 4 nitrogen and oxygen atoms in total. The maximum absolute atomic E-state index is 13.3. The van der Waals surface area contributed by atoms with Gasteiger partial charge in [-0.2, -0.15) is 8.78 Å². The summed E-state index contributed by atoms with van der Waals surface area (Å²) in [6, 6.07) is 6.51. The smallest absolute Gasteiger partial charge is 0.387 e. The zero-order valence-corrected chi connectivity index (χ0v) is 10.0. The number of carbonyl (C=O) groups excluding carboxylic acids is 1. The Hall–Kier alpha value is -2.57. The van der Waals surface area contributed by atoms with Gasteiger partial charge < -0.3 is 10.1 Å². The van der Waals surface area contributed by atoms with Crippen LogP contribution < -0.4 is 10.1 Å². The van der Waals surface area contributed by atoms with Gasteiger partial charge in [-0.05, 0) is 30.3 Å². The lowest BCUT2D eigenvalue weighted by molar-refractivity contribution is -0.0498. The maximum atomic E-state index is 13.3. The molecule has 0 aliphatic carbocycles. The minimum Gasteiger partial charge on any atom is -0.435 e. The lowest BCUT2D eigenvalue weighted by Gasteiger charge is -2.07. The second-order valence-corrected chi connectivity index (χ2v) is 3.71. The van der Waals surface area contributed by atoms with Gasteiger partial charge in [0.05, 0.1) is 11.8 Å². The zero-order chi connectivity index (χ0) is 14.5. The first-order valence-electron chi connectivity index (χ1n) is 5.52. The Labute approximate surface area is 112 Å². The number of carbonyl (C=O) groups is 1. The number of amides is 1. The third-order valence-corrected chi connectivity index (χ3v) is 2.35. The SMILES string of the molecule is O=C(Nc1ccc(OC(F)F)cc1)c1ccncc1F. The molecule has 2 rings (SSSR count). The summed E-state index contributed by atoms with van der Waals surface area (Å²) >= 11 is 0. The van der Waals surface area contributed by atoms with E-state index in [9.17, 15) is 18.0 Å². The summed E-state index contributed by atoms with van der Waals surface area (Å²) in [5.74, 6) is -1.44. The van der Waals surface area contributed by atoms with Crippen molar-refractivity contribution in [2.45, 2.75) is 6.61 Å². The number of halogens is 3. The number of hydrogen-bond donors (Lipinski definition) is 1. The molecule has 104 valence electrons. The van der Waals surface area contributed by atoms with Crippen molar-refractivity contribution in [2.75, 3.05) is 5.32 Å². The van der Waals surface area contributed by atoms with Crippen molar-refractivity contribution in [1.29, 1.82) is 0 Å². The molecule has 0 spiro atoms. The van der Waals surface area contributed by atoms with Gasteiger partial charge in [-0.3, -0.25) is 9.78 Å². The summed E-state index contributed by atoms with van der Waals surface area (Å²) in [5.41, 5.74) is 0.167. The fourth-order valence-electron chi connectivity index (χ4n) is 1.48. The van der Waals surface area contributed by atoms with Crippen LogP contribution in [0, 0.1) is 5.82 Å². The van der Waals surface area contributed by atoms with E-state index in [1.165, 1.54) is 36.5 Å². The summed E-state index contributed by atoms with van der Waals surface area (Å²) in [7, 11) is 0. The average molecular weight is 282 g/mol. The van der Waals surface area contributed by atoms with E-state index in [4.69, 9.17) is 0 Å². The molecule has 1 heterocycles. The van der Waals surface area contributed by atoms with Crippen molar-refractivity contribution in [3.63, 3.8) is 0 Å². The van der Waals surface area contributed by atoms with Gasteiger partial charge in [0.25, 0.3) is 5.91 Å². The number of rotatable bonds is 4. The largest absolute Gasteiger partial charge is 0.435 e. The monoisotopic (exact) mass is 282 g/mol. The van der Waals surface area contributed by atoms with Crippen LogP contribution in [0.1, 0.15) is 10.4 Å². The van der Waals surface area contributed by atoms with Crippen LogP contribution in [0.25, 0.3) is 0 Å². The lowest BCUT2D eigenvalue weighted by atomic mass is 10.2. The van der Waals surface area contributed by atoms with E-state index in [2.05, 4.69) is 15.0 Å². The topological polar surface area (TPSA) is 51.2 Å². The Balaban J connectivity index is 2.07. The van der Waals surface area contributed by atoms with Gasteiger partial charge >= 0.3 is 6.61 Å². The number of pyridine rings is 1. The highest BCUT2D eigenvalue weighted by Gasteiger charge is 2.11. The molecule has 1 amide bonds. The molecule has 1 N–H and O–H groups in total.